The van der Waals surface area contributed by atoms with Crippen LogP contribution in [-0.2, 0) is 0 Å². The SMILES string of the molecule is CC1(N2CCNCC2)CCC1. The summed E-state index contributed by atoms with van der Waals surface area (Å²) in [5.74, 6) is 0. The Kier molecular flexibility index (Phi) is 1.90. The third-order valence-electron chi connectivity index (χ3n) is 3.31. The lowest BCUT2D eigenvalue weighted by Crippen LogP contribution is -2.57. The van der Waals surface area contributed by atoms with Crippen molar-refractivity contribution >= 4 is 0 Å². The van der Waals surface area contributed by atoms with E-state index in [1.807, 2.05) is 0 Å². The summed E-state index contributed by atoms with van der Waals surface area (Å²) in [6.45, 7) is 7.32. The second kappa shape index (κ2) is 2.76. The second-order valence-electron chi connectivity index (χ2n) is 4.09. The van der Waals surface area contributed by atoms with Gasteiger partial charge in [0.1, 0.15) is 0 Å². The van der Waals surface area contributed by atoms with Gasteiger partial charge in [0, 0.05) is 31.7 Å². The predicted molar refractivity (Wildman–Crippen MR) is 46.7 cm³/mol. The van der Waals surface area contributed by atoms with Gasteiger partial charge in [-0.2, -0.15) is 0 Å². The van der Waals surface area contributed by atoms with Crippen LogP contribution in [0.15, 0.2) is 0 Å². The molecule has 2 heteroatoms. The number of nitrogens with zero attached hydrogens (tertiary/aromatic N) is 1. The molecule has 2 rings (SSSR count). The van der Waals surface area contributed by atoms with Gasteiger partial charge < -0.3 is 5.32 Å². The highest BCUT2D eigenvalue weighted by Crippen LogP contribution is 2.36. The molecule has 0 aromatic heterocycles. The third kappa shape index (κ3) is 1.30. The fourth-order valence-corrected chi connectivity index (χ4v) is 2.21. The van der Waals surface area contributed by atoms with Gasteiger partial charge in [-0.25, -0.2) is 0 Å². The van der Waals surface area contributed by atoms with E-state index >= 15 is 0 Å². The first-order valence-corrected chi connectivity index (χ1v) is 4.77. The maximum atomic E-state index is 3.39. The molecule has 2 aliphatic rings. The maximum Gasteiger partial charge on any atom is 0.0182 e. The molecule has 0 radical (unpaired) electrons. The zero-order valence-electron chi connectivity index (χ0n) is 7.40. The van der Waals surface area contributed by atoms with Crippen LogP contribution in [0.5, 0.6) is 0 Å². The summed E-state index contributed by atoms with van der Waals surface area (Å²) < 4.78 is 0. The first kappa shape index (κ1) is 7.56. The highest BCUT2D eigenvalue weighted by Gasteiger charge is 2.37. The van der Waals surface area contributed by atoms with Gasteiger partial charge in [0.25, 0.3) is 0 Å². The Labute approximate surface area is 69.0 Å². The van der Waals surface area contributed by atoms with Gasteiger partial charge in [-0.15, -0.1) is 0 Å². The van der Waals surface area contributed by atoms with Gasteiger partial charge in [0.2, 0.25) is 0 Å². The molecular formula is C9H18N2. The molecule has 0 bridgehead atoms. The molecule has 0 spiro atoms. The average molecular weight is 154 g/mol. The molecule has 1 saturated heterocycles. The van der Waals surface area contributed by atoms with Crippen molar-refractivity contribution in [3.8, 4) is 0 Å². The van der Waals surface area contributed by atoms with E-state index in [2.05, 4.69) is 17.1 Å². The molecule has 0 aromatic rings. The predicted octanol–water partition coefficient (Wildman–Crippen LogP) is 0.834. The molecule has 2 nitrogen and oxygen atoms in total. The normalized spacial score (nSPS) is 31.4. The number of rotatable bonds is 1. The van der Waals surface area contributed by atoms with Gasteiger partial charge in [-0.05, 0) is 26.2 Å². The van der Waals surface area contributed by atoms with E-state index in [-0.39, 0.29) is 0 Å². The van der Waals surface area contributed by atoms with Gasteiger partial charge in [0.05, 0.1) is 0 Å². The van der Waals surface area contributed by atoms with Crippen molar-refractivity contribution in [2.24, 2.45) is 0 Å². The van der Waals surface area contributed by atoms with E-state index in [1.165, 1.54) is 45.4 Å². The van der Waals surface area contributed by atoms with Crippen molar-refractivity contribution in [3.63, 3.8) is 0 Å². The van der Waals surface area contributed by atoms with Crippen LogP contribution in [0.2, 0.25) is 0 Å². The lowest BCUT2D eigenvalue weighted by Gasteiger charge is -2.49. The van der Waals surface area contributed by atoms with Gasteiger partial charge in [-0.3, -0.25) is 4.90 Å². The zero-order valence-corrected chi connectivity index (χ0v) is 7.40. The molecule has 2 fully saturated rings. The van der Waals surface area contributed by atoms with Gasteiger partial charge in [0.15, 0.2) is 0 Å². The molecule has 1 aliphatic heterocycles. The molecule has 64 valence electrons. The van der Waals surface area contributed by atoms with Gasteiger partial charge in [-0.1, -0.05) is 0 Å². The first-order chi connectivity index (χ1) is 5.31. The highest BCUT2D eigenvalue weighted by molar-refractivity contribution is 4.95. The smallest absolute Gasteiger partial charge is 0.0182 e. The lowest BCUT2D eigenvalue weighted by molar-refractivity contribution is 0.0229. The van der Waals surface area contributed by atoms with Crippen LogP contribution >= 0.6 is 0 Å². The standard InChI is InChI=1S/C9H18N2/c1-9(3-2-4-9)11-7-5-10-6-8-11/h10H,2-8H2,1H3. The summed E-state index contributed by atoms with van der Waals surface area (Å²) in [4.78, 5) is 2.66. The van der Waals surface area contributed by atoms with Crippen LogP contribution in [0.25, 0.3) is 0 Å². The van der Waals surface area contributed by atoms with Crippen LogP contribution in [0.1, 0.15) is 26.2 Å². The van der Waals surface area contributed by atoms with Crippen LogP contribution in [0.4, 0.5) is 0 Å². The minimum Gasteiger partial charge on any atom is -0.314 e. The fourth-order valence-electron chi connectivity index (χ4n) is 2.21. The molecule has 1 aliphatic carbocycles. The fraction of sp³-hybridized carbons (Fsp3) is 1.00. The Balaban J connectivity index is 1.91. The van der Waals surface area contributed by atoms with Crippen LogP contribution in [0.3, 0.4) is 0 Å². The average Bonchev–Trinajstić information content (AvgIpc) is 2.02. The minimum atomic E-state index is 0.585. The topological polar surface area (TPSA) is 15.3 Å². The van der Waals surface area contributed by atoms with E-state index in [0.29, 0.717) is 5.54 Å². The number of nitrogens with one attached hydrogen (secondary N) is 1. The monoisotopic (exact) mass is 154 g/mol. The van der Waals surface area contributed by atoms with Crippen molar-refractivity contribution < 1.29 is 0 Å². The minimum absolute atomic E-state index is 0.585. The molecule has 0 amide bonds. The summed E-state index contributed by atoms with van der Waals surface area (Å²) in [5, 5.41) is 3.39. The summed E-state index contributed by atoms with van der Waals surface area (Å²) in [6.07, 6.45) is 4.29. The van der Waals surface area contributed by atoms with Crippen LogP contribution in [-0.4, -0.2) is 36.6 Å². The van der Waals surface area contributed by atoms with E-state index in [4.69, 9.17) is 0 Å². The Bertz CT molecular complexity index is 134. The molecule has 1 saturated carbocycles. The molecule has 11 heavy (non-hydrogen) atoms. The number of hydrogen-bond acceptors (Lipinski definition) is 2. The van der Waals surface area contributed by atoms with Crippen molar-refractivity contribution in [1.29, 1.82) is 0 Å². The van der Waals surface area contributed by atoms with E-state index in [1.54, 1.807) is 0 Å². The van der Waals surface area contributed by atoms with E-state index in [0.717, 1.165) is 0 Å². The zero-order chi connectivity index (χ0) is 7.73. The molecule has 1 heterocycles. The Morgan fingerprint density at radius 2 is 1.82 bits per heavy atom. The van der Waals surface area contributed by atoms with Crippen molar-refractivity contribution in [2.45, 2.75) is 31.7 Å². The molecule has 0 atom stereocenters. The van der Waals surface area contributed by atoms with Crippen molar-refractivity contribution in [1.82, 2.24) is 10.2 Å². The van der Waals surface area contributed by atoms with E-state index in [9.17, 15) is 0 Å². The molecule has 0 unspecified atom stereocenters. The van der Waals surface area contributed by atoms with Crippen molar-refractivity contribution in [2.75, 3.05) is 26.2 Å². The first-order valence-electron chi connectivity index (χ1n) is 4.77. The summed E-state index contributed by atoms with van der Waals surface area (Å²) in [7, 11) is 0. The second-order valence-corrected chi connectivity index (χ2v) is 4.09. The van der Waals surface area contributed by atoms with Crippen LogP contribution < -0.4 is 5.32 Å². The summed E-state index contributed by atoms with van der Waals surface area (Å²) in [5.41, 5.74) is 0.585. The van der Waals surface area contributed by atoms with Gasteiger partial charge >= 0.3 is 0 Å². The quantitative estimate of drug-likeness (QED) is 0.602. The third-order valence-corrected chi connectivity index (χ3v) is 3.31. The Morgan fingerprint density at radius 1 is 1.18 bits per heavy atom. The molecular weight excluding hydrogens is 136 g/mol. The van der Waals surface area contributed by atoms with Crippen LogP contribution in [0, 0.1) is 0 Å². The number of hydrogen-bond donors (Lipinski definition) is 1. The van der Waals surface area contributed by atoms with E-state index < -0.39 is 0 Å². The van der Waals surface area contributed by atoms with Crippen molar-refractivity contribution in [3.05, 3.63) is 0 Å². The molecule has 0 aromatic carbocycles. The maximum absolute atomic E-state index is 3.39. The number of piperazine rings is 1. The summed E-state index contributed by atoms with van der Waals surface area (Å²) >= 11 is 0. The largest absolute Gasteiger partial charge is 0.314 e. The lowest BCUT2D eigenvalue weighted by atomic mass is 9.77. The Hall–Kier alpha value is -0.0800. The molecule has 1 N–H and O–H groups in total. The Morgan fingerprint density at radius 3 is 2.27 bits per heavy atom. The summed E-state index contributed by atoms with van der Waals surface area (Å²) in [6, 6.07) is 0. The highest BCUT2D eigenvalue weighted by atomic mass is 15.2.